The molecule has 2 aliphatic carbocycles. The fraction of sp³-hybridized carbons (Fsp3) is 0.333. The minimum absolute atomic E-state index is 0.114. The Morgan fingerprint density at radius 3 is 2.49 bits per heavy atom. The molecule has 1 unspecified atom stereocenters. The van der Waals surface area contributed by atoms with Crippen LogP contribution in [0.4, 0.5) is 8.78 Å². The topological polar surface area (TPSA) is 118 Å². The Labute approximate surface area is 211 Å². The van der Waals surface area contributed by atoms with Crippen LogP contribution < -0.4 is 0 Å². The average molecular weight is 503 g/mol. The zero-order chi connectivity index (χ0) is 25.9. The molecule has 37 heavy (non-hydrogen) atoms. The molecular weight excluding hydrogens is 478 g/mol. The molecule has 2 bridgehead atoms. The van der Waals surface area contributed by atoms with Crippen LogP contribution in [0, 0.1) is 17.0 Å². The number of hydrogen-bond acceptors (Lipinski definition) is 8. The van der Waals surface area contributed by atoms with Crippen LogP contribution in [0.1, 0.15) is 61.5 Å². The highest BCUT2D eigenvalue weighted by molar-refractivity contribution is 5.64. The molecule has 1 saturated carbocycles. The molecule has 0 saturated heterocycles. The van der Waals surface area contributed by atoms with Crippen molar-refractivity contribution in [3.8, 4) is 22.6 Å². The zero-order valence-corrected chi connectivity index (χ0v) is 20.2. The second-order valence-electron chi connectivity index (χ2n) is 10.1. The van der Waals surface area contributed by atoms with E-state index in [4.69, 9.17) is 10.1 Å². The molecule has 4 aromatic rings. The third-order valence-corrected chi connectivity index (χ3v) is 8.09. The van der Waals surface area contributed by atoms with Crippen molar-refractivity contribution in [1.29, 1.82) is 0 Å². The lowest BCUT2D eigenvalue weighted by Gasteiger charge is -2.37. The van der Waals surface area contributed by atoms with Gasteiger partial charge >= 0.3 is 0 Å². The van der Waals surface area contributed by atoms with Crippen molar-refractivity contribution >= 4 is 0 Å². The molecule has 0 amide bonds. The summed E-state index contributed by atoms with van der Waals surface area (Å²) in [5, 5.41) is 27.7. The Morgan fingerprint density at radius 2 is 1.78 bits per heavy atom. The molecule has 3 aromatic heterocycles. The molecule has 0 spiro atoms. The van der Waals surface area contributed by atoms with Crippen LogP contribution in [0.5, 0.6) is 0 Å². The minimum atomic E-state index is -1.16. The molecule has 8 nitrogen and oxygen atoms in total. The molecule has 2 N–H and O–H groups in total. The monoisotopic (exact) mass is 502 g/mol. The number of benzene rings is 1. The summed E-state index contributed by atoms with van der Waals surface area (Å²) < 4.78 is 29.0. The summed E-state index contributed by atoms with van der Waals surface area (Å²) in [6, 6.07) is 7.41. The highest BCUT2D eigenvalue weighted by Crippen LogP contribution is 2.69. The van der Waals surface area contributed by atoms with E-state index in [1.165, 1.54) is 30.6 Å². The van der Waals surface area contributed by atoms with Gasteiger partial charge in [-0.2, -0.15) is 5.10 Å². The highest BCUT2D eigenvalue weighted by Gasteiger charge is 2.65. The van der Waals surface area contributed by atoms with Crippen molar-refractivity contribution in [1.82, 2.24) is 30.1 Å². The van der Waals surface area contributed by atoms with Crippen LogP contribution in [0.25, 0.3) is 22.6 Å². The molecule has 6 rings (SSSR count). The van der Waals surface area contributed by atoms with Gasteiger partial charge in [-0.15, -0.1) is 5.10 Å². The first kappa shape index (κ1) is 23.6. The van der Waals surface area contributed by atoms with E-state index in [2.05, 4.69) is 39.0 Å². The molecule has 3 atom stereocenters. The Kier molecular flexibility index (Phi) is 5.36. The molecule has 3 heterocycles. The zero-order valence-electron chi connectivity index (χ0n) is 20.2. The summed E-state index contributed by atoms with van der Waals surface area (Å²) in [5.74, 6) is -0.698. The van der Waals surface area contributed by atoms with Gasteiger partial charge < -0.3 is 10.2 Å². The van der Waals surface area contributed by atoms with Crippen LogP contribution >= 0.6 is 0 Å². The molecule has 0 aliphatic heterocycles. The molecule has 1 aromatic carbocycles. The highest BCUT2D eigenvalue weighted by atomic mass is 19.1. The fourth-order valence-electron chi connectivity index (χ4n) is 6.20. The molecule has 0 radical (unpaired) electrons. The number of fused-ring (bicyclic) bond motifs is 5. The normalized spacial score (nSPS) is 22.2. The number of rotatable bonds is 5. The summed E-state index contributed by atoms with van der Waals surface area (Å²) in [4.78, 5) is 17.6. The Balaban J connectivity index is 1.45. The molecule has 1 fully saturated rings. The van der Waals surface area contributed by atoms with Crippen molar-refractivity contribution in [3.63, 3.8) is 0 Å². The first-order chi connectivity index (χ1) is 17.8. The summed E-state index contributed by atoms with van der Waals surface area (Å²) in [5.41, 5.74) is 2.22. The maximum atomic E-state index is 14.5. The second kappa shape index (κ2) is 8.39. The average Bonchev–Trinajstić information content (AvgIpc) is 3.29. The first-order valence-corrected chi connectivity index (χ1v) is 12.0. The van der Waals surface area contributed by atoms with Gasteiger partial charge in [0, 0.05) is 18.6 Å². The van der Waals surface area contributed by atoms with Crippen LogP contribution in [-0.4, -0.2) is 47.0 Å². The van der Waals surface area contributed by atoms with E-state index in [0.29, 0.717) is 11.4 Å². The van der Waals surface area contributed by atoms with Gasteiger partial charge in [-0.25, -0.2) is 28.7 Å². The fourth-order valence-corrected chi connectivity index (χ4v) is 6.20. The third kappa shape index (κ3) is 3.32. The van der Waals surface area contributed by atoms with Gasteiger partial charge in [0.2, 0.25) is 0 Å². The maximum Gasteiger partial charge on any atom is 0.162 e. The smallest absolute Gasteiger partial charge is 0.162 e. The van der Waals surface area contributed by atoms with Gasteiger partial charge in [-0.05, 0) is 54.0 Å². The number of aliphatic hydroxyl groups excluding tert-OH is 2. The van der Waals surface area contributed by atoms with Crippen LogP contribution in [0.3, 0.4) is 0 Å². The van der Waals surface area contributed by atoms with Crippen molar-refractivity contribution < 1.29 is 19.0 Å². The lowest BCUT2D eigenvalue weighted by atomic mass is 9.66. The van der Waals surface area contributed by atoms with Crippen molar-refractivity contribution in [2.45, 2.75) is 44.1 Å². The third-order valence-electron chi connectivity index (χ3n) is 8.09. The van der Waals surface area contributed by atoms with E-state index >= 15 is 0 Å². The van der Waals surface area contributed by atoms with Gasteiger partial charge in [0.05, 0.1) is 40.2 Å². The van der Waals surface area contributed by atoms with Gasteiger partial charge in [-0.1, -0.05) is 19.9 Å². The van der Waals surface area contributed by atoms with Gasteiger partial charge in [-0.3, -0.25) is 0 Å². The van der Waals surface area contributed by atoms with Crippen LogP contribution in [0.2, 0.25) is 0 Å². The van der Waals surface area contributed by atoms with Crippen molar-refractivity contribution in [2.24, 2.45) is 5.41 Å². The molecule has 2 aliphatic rings. The second-order valence-corrected chi connectivity index (χ2v) is 10.1. The quantitative estimate of drug-likeness (QED) is 0.422. The van der Waals surface area contributed by atoms with Crippen molar-refractivity contribution in [3.05, 3.63) is 83.3 Å². The number of halogens is 2. The molecular formula is C27H24F2N6O2. The van der Waals surface area contributed by atoms with Gasteiger partial charge in [0.1, 0.15) is 17.7 Å². The van der Waals surface area contributed by atoms with Gasteiger partial charge in [0.25, 0.3) is 0 Å². The van der Waals surface area contributed by atoms with Crippen LogP contribution in [-0.2, 0) is 5.41 Å². The number of aromatic nitrogens is 6. The maximum absolute atomic E-state index is 14.5. The predicted octanol–water partition coefficient (Wildman–Crippen LogP) is 3.90. The van der Waals surface area contributed by atoms with E-state index in [0.717, 1.165) is 29.8 Å². The van der Waals surface area contributed by atoms with E-state index < -0.39 is 29.8 Å². The molecule has 10 heteroatoms. The summed E-state index contributed by atoms with van der Waals surface area (Å²) in [6.45, 7) is 3.87. The number of nitrogens with zero attached hydrogens (tertiary/aromatic N) is 6. The standard InChI is InChI=1S/C27H24F2N6O2/c1-26(2)16-6-8-27(26,23-15(16)10-19(34-35-23)22-17(28)4-3-5-18(22)29)21-7-9-30-24(33-21)14-11-31-25(32-12-14)20(37)13-36/h3-5,7,9-12,16,20,36-37H,6,8,13H2,1-2H3/t16-,20?,27+/m0/s1. The predicted molar refractivity (Wildman–Crippen MR) is 129 cm³/mol. The Hall–Kier alpha value is -3.76. The first-order valence-electron chi connectivity index (χ1n) is 12.0. The summed E-state index contributed by atoms with van der Waals surface area (Å²) in [6.07, 6.45) is 5.22. The SMILES string of the molecule is CC1(C)[C@H]2CC[C@@]1(c1ccnc(-c3cnc(C(O)CO)nc3)n1)c1nnc(-c3c(F)cccc3F)cc12. The number of hydrogen-bond donors (Lipinski definition) is 2. The summed E-state index contributed by atoms with van der Waals surface area (Å²) >= 11 is 0. The van der Waals surface area contributed by atoms with E-state index in [1.54, 1.807) is 12.3 Å². The Bertz CT molecular complexity index is 1490. The lowest BCUT2D eigenvalue weighted by molar-refractivity contribution is 0.0886. The minimum Gasteiger partial charge on any atom is -0.393 e. The number of aliphatic hydroxyl groups is 2. The van der Waals surface area contributed by atoms with Crippen LogP contribution in [0.15, 0.2) is 48.9 Å². The lowest BCUT2D eigenvalue weighted by Crippen LogP contribution is -2.38. The summed E-state index contributed by atoms with van der Waals surface area (Å²) in [7, 11) is 0. The van der Waals surface area contributed by atoms with Crippen molar-refractivity contribution in [2.75, 3.05) is 6.61 Å². The molecule has 188 valence electrons. The Morgan fingerprint density at radius 1 is 1.05 bits per heavy atom. The van der Waals surface area contributed by atoms with E-state index in [-0.39, 0.29) is 28.4 Å². The van der Waals surface area contributed by atoms with E-state index in [9.17, 15) is 13.9 Å². The van der Waals surface area contributed by atoms with E-state index in [1.807, 2.05) is 6.07 Å². The largest absolute Gasteiger partial charge is 0.393 e. The van der Waals surface area contributed by atoms with Gasteiger partial charge in [0.15, 0.2) is 11.6 Å².